The van der Waals surface area contributed by atoms with E-state index in [0.29, 0.717) is 13.2 Å². The molecule has 0 aliphatic carbocycles. The zero-order valence-electron chi connectivity index (χ0n) is 19.2. The lowest BCUT2D eigenvalue weighted by atomic mass is 10.4. The first kappa shape index (κ1) is 25.2. The molecule has 0 aliphatic rings. The Morgan fingerprint density at radius 1 is 0.735 bits per heavy atom. The first-order chi connectivity index (χ1) is 16.6. The van der Waals surface area contributed by atoms with Crippen LogP contribution in [0, 0.1) is 3.57 Å². The number of hydrogen-bond donors (Lipinski definition) is 0. The molecular weight excluding hydrogens is 577 g/mol. The molecule has 0 bridgehead atoms. The molecule has 0 saturated carbocycles. The molecule has 0 aliphatic heterocycles. The molecule has 1 aromatic heterocycles. The number of hydrogen-bond acceptors (Lipinski definition) is 4. The Morgan fingerprint density at radius 3 is 1.68 bits per heavy atom. The third-order valence-corrected chi connectivity index (χ3v) is 19.0. The second kappa shape index (κ2) is 11.7. The molecule has 4 nitrogen and oxygen atoms in total. The van der Waals surface area contributed by atoms with E-state index < -0.39 is 35.7 Å². The average Bonchev–Trinajstić information content (AvgIpc) is 3.41. The molecule has 4 rings (SSSR count). The molecule has 0 saturated heterocycles. The van der Waals surface area contributed by atoms with Gasteiger partial charge in [-0.15, -0.1) is 0 Å². The zero-order valence-corrected chi connectivity index (χ0v) is 23.2. The van der Waals surface area contributed by atoms with Crippen molar-refractivity contribution in [3.63, 3.8) is 0 Å². The van der Waals surface area contributed by atoms with Crippen molar-refractivity contribution in [2.45, 2.75) is 13.8 Å². The fourth-order valence-corrected chi connectivity index (χ4v) is 18.8. The Balaban J connectivity index is 2.24. The van der Waals surface area contributed by atoms with Gasteiger partial charge >= 0.3 is 28.8 Å². The average molecular weight is 605 g/mol. The van der Waals surface area contributed by atoms with Crippen LogP contribution in [0.1, 0.15) is 13.8 Å². The molecule has 34 heavy (non-hydrogen) atoms. The van der Waals surface area contributed by atoms with Gasteiger partial charge < -0.3 is 13.5 Å². The summed E-state index contributed by atoms with van der Waals surface area (Å²) in [6.07, 6.45) is 1.70. The first-order valence-electron chi connectivity index (χ1n) is 11.2. The molecule has 0 radical (unpaired) electrons. The predicted octanol–water partition coefficient (Wildman–Crippen LogP) is 2.89. The van der Waals surface area contributed by atoms with Gasteiger partial charge in [0, 0.05) is 0 Å². The van der Waals surface area contributed by atoms with Crippen LogP contribution < -0.4 is 37.3 Å². The summed E-state index contributed by atoms with van der Waals surface area (Å²) in [5.41, 5.74) is 0.801. The van der Waals surface area contributed by atoms with Crippen molar-refractivity contribution in [3.8, 4) is 0 Å². The highest BCUT2D eigenvalue weighted by Gasteiger charge is 2.51. The smallest absolute Gasteiger partial charge is 0.408 e. The first-order valence-corrected chi connectivity index (χ1v) is 16.7. The summed E-state index contributed by atoms with van der Waals surface area (Å²) in [6.45, 7) is 1.64. The van der Waals surface area contributed by atoms with Crippen LogP contribution in [0.3, 0.4) is 0 Å². The van der Waals surface area contributed by atoms with Crippen LogP contribution in [-0.2, 0) is 13.6 Å². The van der Waals surface area contributed by atoms with Crippen molar-refractivity contribution >= 4 is 33.6 Å². The summed E-state index contributed by atoms with van der Waals surface area (Å²) in [5, 5.41) is 2.14. The van der Waals surface area contributed by atoms with Gasteiger partial charge in [-0.3, -0.25) is 4.57 Å². The van der Waals surface area contributed by atoms with Crippen molar-refractivity contribution in [1.29, 1.82) is 0 Å². The Bertz CT molecular complexity index is 1220. The minimum Gasteiger partial charge on any atom is -0.464 e. The van der Waals surface area contributed by atoms with Gasteiger partial charge in [0.05, 0.1) is 26.4 Å². The van der Waals surface area contributed by atoms with Gasteiger partial charge in [0.2, 0.25) is 0 Å². The largest absolute Gasteiger partial charge is 0.464 e. The van der Waals surface area contributed by atoms with Crippen LogP contribution in [0.25, 0.3) is 0 Å². The van der Waals surface area contributed by atoms with Crippen LogP contribution in [-0.4, -0.2) is 16.3 Å². The van der Waals surface area contributed by atoms with Crippen LogP contribution >= 0.6 is 14.5 Å². The third kappa shape index (κ3) is 5.05. The number of furan rings is 1. The Kier molecular flexibility index (Phi) is 8.68. The van der Waals surface area contributed by atoms with E-state index >= 15 is 0 Å². The molecule has 1 heterocycles. The second-order valence-electron chi connectivity index (χ2n) is 7.29. The molecule has 0 spiro atoms. The maximum absolute atomic E-state index is 14.7. The quantitative estimate of drug-likeness (QED) is 0.206. The van der Waals surface area contributed by atoms with Crippen LogP contribution in [0.5, 0.6) is 0 Å². The van der Waals surface area contributed by atoms with E-state index in [2.05, 4.69) is 36.4 Å². The minimum atomic E-state index is -3.63. The highest BCUT2D eigenvalue weighted by molar-refractivity contribution is 8.05. The van der Waals surface area contributed by atoms with Crippen molar-refractivity contribution in [3.05, 3.63) is 113 Å². The molecule has 0 amide bonds. The van der Waals surface area contributed by atoms with Gasteiger partial charge in [-0.25, -0.2) is 0 Å². The molecular formula is C27H28IO4P2+. The fraction of sp³-hybridized carbons (Fsp3) is 0.148. The van der Waals surface area contributed by atoms with Gasteiger partial charge in [-0.2, -0.15) is 0 Å². The van der Waals surface area contributed by atoms with Gasteiger partial charge in [-0.1, -0.05) is 78.9 Å². The topological polar surface area (TPSA) is 48.7 Å². The summed E-state index contributed by atoms with van der Waals surface area (Å²) in [7, 11) is -3.63. The van der Waals surface area contributed by atoms with E-state index in [1.165, 1.54) is 0 Å². The standard InChI is InChI=1S/C27H28IO4P2/c1-3-31-34(29,32-4-2)27(28-23-15-8-5-9-16-23)33(26-21-14-22-30-26,24-17-10-6-11-18-24)25-19-12-7-13-20-25/h5-22H,3-4H2,1-2H3/q+1. The predicted molar refractivity (Wildman–Crippen MR) is 138 cm³/mol. The summed E-state index contributed by atoms with van der Waals surface area (Å²) >= 11 is -0.909. The summed E-state index contributed by atoms with van der Waals surface area (Å²) in [4.78, 5) is 0. The molecule has 3 aromatic carbocycles. The van der Waals surface area contributed by atoms with E-state index in [9.17, 15) is 4.57 Å². The fourth-order valence-electron chi connectivity index (χ4n) is 3.83. The monoisotopic (exact) mass is 605 g/mol. The van der Waals surface area contributed by atoms with Gasteiger partial charge in [0.25, 0.3) is 3.04 Å². The maximum Gasteiger partial charge on any atom is 0.408 e. The molecule has 0 atom stereocenters. The summed E-state index contributed by atoms with van der Waals surface area (Å²) < 4.78 is 35.1. The maximum atomic E-state index is 14.7. The highest BCUT2D eigenvalue weighted by Crippen LogP contribution is 2.58. The molecule has 0 N–H and O–H groups in total. The van der Waals surface area contributed by atoms with Crippen LogP contribution in [0.15, 0.2) is 114 Å². The van der Waals surface area contributed by atoms with E-state index in [1.807, 2.05) is 80.6 Å². The van der Waals surface area contributed by atoms with Crippen molar-refractivity contribution < 1.29 is 39.2 Å². The summed E-state index contributed by atoms with van der Waals surface area (Å²) in [6, 6.07) is 34.7. The van der Waals surface area contributed by atoms with E-state index in [-0.39, 0.29) is 0 Å². The highest BCUT2D eigenvalue weighted by atomic mass is 127. The molecule has 7 heteroatoms. The SMILES string of the molecule is CCOP(=O)(OCC)C([I+]c1ccccc1)=P(c1ccccc1)(c1ccccc1)c1ccco1. The Hall–Kier alpha value is -1.88. The summed E-state index contributed by atoms with van der Waals surface area (Å²) in [5.74, 6) is 0. The van der Waals surface area contributed by atoms with E-state index in [0.717, 1.165) is 22.7 Å². The lowest BCUT2D eigenvalue weighted by Crippen LogP contribution is -3.64. The zero-order chi connectivity index (χ0) is 23.9. The van der Waals surface area contributed by atoms with Gasteiger partial charge in [0.15, 0.2) is 3.57 Å². The number of halogens is 1. The molecule has 176 valence electrons. The van der Waals surface area contributed by atoms with E-state index in [1.54, 1.807) is 6.26 Å². The molecule has 0 fully saturated rings. The molecule has 0 unspecified atom stereocenters. The van der Waals surface area contributed by atoms with Gasteiger partial charge in [0.1, 0.15) is 5.50 Å². The Morgan fingerprint density at radius 2 is 1.24 bits per heavy atom. The lowest BCUT2D eigenvalue weighted by Gasteiger charge is -2.27. The minimum absolute atomic E-state index is 0.293. The number of benzene rings is 3. The van der Waals surface area contributed by atoms with E-state index in [4.69, 9.17) is 13.5 Å². The van der Waals surface area contributed by atoms with Crippen LogP contribution in [0.4, 0.5) is 0 Å². The van der Waals surface area contributed by atoms with Gasteiger partial charge in [-0.05, 0) is 48.7 Å². The van der Waals surface area contributed by atoms with Crippen molar-refractivity contribution in [1.82, 2.24) is 0 Å². The Labute approximate surface area is 212 Å². The van der Waals surface area contributed by atoms with Crippen LogP contribution in [0.2, 0.25) is 0 Å². The number of rotatable bonds is 10. The second-order valence-corrected chi connectivity index (χ2v) is 17.4. The lowest BCUT2D eigenvalue weighted by molar-refractivity contribution is -0.499. The molecule has 4 aromatic rings. The normalized spacial score (nSPS) is 11.9. The van der Waals surface area contributed by atoms with Crippen molar-refractivity contribution in [2.75, 3.05) is 13.2 Å². The van der Waals surface area contributed by atoms with Crippen molar-refractivity contribution in [2.24, 2.45) is 0 Å². The third-order valence-electron chi connectivity index (χ3n) is 5.15.